The van der Waals surface area contributed by atoms with Gasteiger partial charge >= 0.3 is 0 Å². The predicted octanol–water partition coefficient (Wildman–Crippen LogP) is 5.16. The molecule has 6 nitrogen and oxygen atoms in total. The molecule has 5 rings (SSSR count). The molecule has 180 valence electrons. The Balaban J connectivity index is 1.42. The molecule has 0 N–H and O–H groups in total. The highest BCUT2D eigenvalue weighted by atomic mass is 32.2. The molecule has 1 fully saturated rings. The van der Waals surface area contributed by atoms with Crippen molar-refractivity contribution in [3.05, 3.63) is 104 Å². The van der Waals surface area contributed by atoms with Gasteiger partial charge in [0.25, 0.3) is 11.8 Å². The first-order chi connectivity index (χ1) is 17.6. The number of amides is 2. The summed E-state index contributed by atoms with van der Waals surface area (Å²) in [5.41, 5.74) is 2.38. The average molecular weight is 517 g/mol. The summed E-state index contributed by atoms with van der Waals surface area (Å²) in [6.07, 6.45) is 0. The number of thiophene rings is 1. The van der Waals surface area contributed by atoms with Crippen LogP contribution in [0.2, 0.25) is 0 Å². The Hall–Kier alpha value is -3.87. The van der Waals surface area contributed by atoms with Gasteiger partial charge in [-0.1, -0.05) is 48.2 Å². The standard InChI is InChI=1S/C27H21FN4O2S2/c28-20-8-10-21(11-9-20)32-23(19-5-2-1-3-6-19)18-36-27(32)22(17-29)25(33)30-12-14-31(15-13-30)26(34)24-7-4-16-35-24/h1-11,16,18H,12-15H2. The second kappa shape index (κ2) is 10.4. The normalized spacial score (nSPS) is 17.0. The second-order valence-corrected chi connectivity index (χ2v) is 9.96. The number of carbonyl (C=O) groups is 2. The predicted molar refractivity (Wildman–Crippen MR) is 140 cm³/mol. The van der Waals surface area contributed by atoms with Gasteiger partial charge in [-0.15, -0.1) is 11.3 Å². The summed E-state index contributed by atoms with van der Waals surface area (Å²) in [4.78, 5) is 32.0. The summed E-state index contributed by atoms with van der Waals surface area (Å²) in [5.74, 6) is -0.785. The van der Waals surface area contributed by atoms with Gasteiger partial charge < -0.3 is 14.7 Å². The number of hydrogen-bond donors (Lipinski definition) is 0. The molecule has 0 bridgehead atoms. The van der Waals surface area contributed by atoms with Gasteiger partial charge in [-0.3, -0.25) is 9.59 Å². The third-order valence-electron chi connectivity index (χ3n) is 6.01. The van der Waals surface area contributed by atoms with E-state index in [9.17, 15) is 19.2 Å². The summed E-state index contributed by atoms with van der Waals surface area (Å²) < 4.78 is 13.7. The summed E-state index contributed by atoms with van der Waals surface area (Å²) in [6, 6.07) is 21.4. The first-order valence-corrected chi connectivity index (χ1v) is 13.1. The van der Waals surface area contributed by atoms with Crippen molar-refractivity contribution in [1.29, 1.82) is 5.26 Å². The molecule has 2 amide bonds. The maximum absolute atomic E-state index is 13.7. The SMILES string of the molecule is N#CC(C(=O)N1CCN(C(=O)c2cccs2)CC1)=C1SC=C(c2ccccc2)N1c1ccc(F)cc1. The summed E-state index contributed by atoms with van der Waals surface area (Å²) in [5, 5.41) is 14.3. The number of rotatable bonds is 4. The van der Waals surface area contributed by atoms with Gasteiger partial charge in [0, 0.05) is 37.3 Å². The van der Waals surface area contributed by atoms with E-state index in [1.54, 1.807) is 28.0 Å². The highest BCUT2D eigenvalue weighted by Crippen LogP contribution is 2.44. The van der Waals surface area contributed by atoms with E-state index in [-0.39, 0.29) is 23.2 Å². The molecule has 0 unspecified atom stereocenters. The van der Waals surface area contributed by atoms with Crippen molar-refractivity contribution in [2.45, 2.75) is 0 Å². The molecule has 3 heterocycles. The fourth-order valence-corrected chi connectivity index (χ4v) is 5.88. The molecule has 1 saturated heterocycles. The second-order valence-electron chi connectivity index (χ2n) is 8.15. The number of thioether (sulfide) groups is 1. The molecule has 2 aromatic carbocycles. The Morgan fingerprint density at radius 3 is 2.22 bits per heavy atom. The molecule has 36 heavy (non-hydrogen) atoms. The van der Waals surface area contributed by atoms with E-state index in [0.717, 1.165) is 11.3 Å². The van der Waals surface area contributed by atoms with Gasteiger partial charge in [0.15, 0.2) is 0 Å². The van der Waals surface area contributed by atoms with Crippen LogP contribution in [0, 0.1) is 17.1 Å². The van der Waals surface area contributed by atoms with Crippen molar-refractivity contribution in [3.63, 3.8) is 0 Å². The van der Waals surface area contributed by atoms with Crippen molar-refractivity contribution in [1.82, 2.24) is 9.80 Å². The third kappa shape index (κ3) is 4.65. The number of piperazine rings is 1. The van der Waals surface area contributed by atoms with Crippen LogP contribution in [0.1, 0.15) is 15.2 Å². The molecule has 0 atom stereocenters. The van der Waals surface area contributed by atoms with Gasteiger partial charge in [-0.05, 0) is 41.3 Å². The van der Waals surface area contributed by atoms with E-state index in [1.807, 2.05) is 52.1 Å². The molecule has 2 aliphatic heterocycles. The number of nitrogens with zero attached hydrogens (tertiary/aromatic N) is 4. The minimum absolute atomic E-state index is 0.0181. The smallest absolute Gasteiger partial charge is 0.267 e. The fraction of sp³-hybridized carbons (Fsp3) is 0.148. The third-order valence-corrected chi connectivity index (χ3v) is 7.82. The Labute approximate surface area is 216 Å². The van der Waals surface area contributed by atoms with Gasteiger partial charge in [0.1, 0.15) is 22.5 Å². The first-order valence-electron chi connectivity index (χ1n) is 11.3. The Morgan fingerprint density at radius 2 is 1.58 bits per heavy atom. The van der Waals surface area contributed by atoms with Crippen molar-refractivity contribution in [3.8, 4) is 6.07 Å². The number of carbonyl (C=O) groups excluding carboxylic acids is 2. The van der Waals surface area contributed by atoms with Crippen molar-refractivity contribution >= 4 is 46.3 Å². The molecule has 3 aromatic rings. The highest BCUT2D eigenvalue weighted by Gasteiger charge is 2.33. The number of benzene rings is 2. The first kappa shape index (κ1) is 23.9. The lowest BCUT2D eigenvalue weighted by Gasteiger charge is -2.35. The van der Waals surface area contributed by atoms with Crippen LogP contribution in [0.5, 0.6) is 0 Å². The summed E-state index contributed by atoms with van der Waals surface area (Å²) in [6.45, 7) is 1.49. The average Bonchev–Trinajstić information content (AvgIpc) is 3.61. The van der Waals surface area contributed by atoms with Gasteiger partial charge in [0.05, 0.1) is 10.6 Å². The van der Waals surface area contributed by atoms with Crippen LogP contribution in [0.25, 0.3) is 5.70 Å². The largest absolute Gasteiger partial charge is 0.334 e. The van der Waals surface area contributed by atoms with Crippen LogP contribution in [-0.2, 0) is 4.79 Å². The van der Waals surface area contributed by atoms with Crippen LogP contribution in [0.15, 0.2) is 88.1 Å². The Morgan fingerprint density at radius 1 is 0.889 bits per heavy atom. The Bertz CT molecular complexity index is 1370. The zero-order valence-electron chi connectivity index (χ0n) is 19.1. The van der Waals surface area contributed by atoms with Crippen LogP contribution < -0.4 is 4.90 Å². The minimum Gasteiger partial charge on any atom is -0.334 e. The molecule has 0 radical (unpaired) electrons. The van der Waals surface area contributed by atoms with E-state index in [2.05, 4.69) is 6.07 Å². The van der Waals surface area contributed by atoms with E-state index >= 15 is 0 Å². The van der Waals surface area contributed by atoms with Gasteiger partial charge in [-0.25, -0.2) is 4.39 Å². The molecular formula is C27H21FN4O2S2. The number of hydrogen-bond acceptors (Lipinski definition) is 6. The molecule has 9 heteroatoms. The number of nitriles is 1. The molecule has 0 aliphatic carbocycles. The number of halogens is 1. The zero-order valence-corrected chi connectivity index (χ0v) is 20.8. The monoisotopic (exact) mass is 516 g/mol. The van der Waals surface area contributed by atoms with Crippen LogP contribution in [-0.4, -0.2) is 47.8 Å². The molecule has 0 spiro atoms. The maximum Gasteiger partial charge on any atom is 0.267 e. The van der Waals surface area contributed by atoms with Crippen molar-refractivity contribution in [2.24, 2.45) is 0 Å². The lowest BCUT2D eigenvalue weighted by molar-refractivity contribution is -0.128. The minimum atomic E-state index is -0.377. The van der Waals surface area contributed by atoms with E-state index < -0.39 is 0 Å². The lowest BCUT2D eigenvalue weighted by Crippen LogP contribution is -2.51. The van der Waals surface area contributed by atoms with E-state index in [4.69, 9.17) is 0 Å². The van der Waals surface area contributed by atoms with E-state index in [0.29, 0.717) is 41.8 Å². The maximum atomic E-state index is 13.7. The van der Waals surface area contributed by atoms with Crippen molar-refractivity contribution < 1.29 is 14.0 Å². The number of anilines is 1. The molecular weight excluding hydrogens is 495 g/mol. The van der Waals surface area contributed by atoms with Crippen LogP contribution in [0.4, 0.5) is 10.1 Å². The fourth-order valence-electron chi connectivity index (χ4n) is 4.16. The topological polar surface area (TPSA) is 67.6 Å². The zero-order chi connectivity index (χ0) is 25.1. The molecule has 0 saturated carbocycles. The molecule has 2 aliphatic rings. The van der Waals surface area contributed by atoms with Gasteiger partial charge in [-0.2, -0.15) is 5.26 Å². The van der Waals surface area contributed by atoms with Gasteiger partial charge in [0.2, 0.25) is 0 Å². The van der Waals surface area contributed by atoms with Crippen molar-refractivity contribution in [2.75, 3.05) is 31.1 Å². The van der Waals surface area contributed by atoms with E-state index in [1.165, 1.54) is 35.2 Å². The Kier molecular flexibility index (Phi) is 6.89. The summed E-state index contributed by atoms with van der Waals surface area (Å²) >= 11 is 2.69. The highest BCUT2D eigenvalue weighted by molar-refractivity contribution is 8.06. The van der Waals surface area contributed by atoms with Crippen LogP contribution >= 0.6 is 23.1 Å². The lowest BCUT2D eigenvalue weighted by atomic mass is 10.1. The molecule has 1 aromatic heterocycles. The quantitative estimate of drug-likeness (QED) is 0.354. The summed E-state index contributed by atoms with van der Waals surface area (Å²) in [7, 11) is 0. The van der Waals surface area contributed by atoms with Crippen LogP contribution in [0.3, 0.4) is 0 Å².